The van der Waals surface area contributed by atoms with Crippen molar-refractivity contribution in [1.29, 1.82) is 5.26 Å². The summed E-state index contributed by atoms with van der Waals surface area (Å²) >= 11 is 0. The van der Waals surface area contributed by atoms with Crippen LogP contribution >= 0.6 is 0 Å². The molecule has 0 heterocycles. The number of carbonyl (C=O) groups is 1. The van der Waals surface area contributed by atoms with Gasteiger partial charge in [-0.3, -0.25) is 4.79 Å². The van der Waals surface area contributed by atoms with Crippen LogP contribution in [0.3, 0.4) is 0 Å². The molecule has 2 aromatic rings. The molecule has 0 aliphatic rings. The Hall–Kier alpha value is -2.69. The summed E-state index contributed by atoms with van der Waals surface area (Å²) in [6.07, 6.45) is 0. The zero-order chi connectivity index (χ0) is 18.6. The summed E-state index contributed by atoms with van der Waals surface area (Å²) in [5, 5.41) is 11.5. The van der Waals surface area contributed by atoms with Gasteiger partial charge in [0.25, 0.3) is 0 Å². The van der Waals surface area contributed by atoms with E-state index < -0.39 is 15.9 Å². The smallest absolute Gasteiger partial charge is 0.243 e. The van der Waals surface area contributed by atoms with Gasteiger partial charge in [0.1, 0.15) is 0 Å². The number of likely N-dealkylation sites (N-methyl/N-ethyl adjacent to an activating group) is 1. The standard InChI is InChI=1S/C18H19N3O3S/c1-13-7-8-14(2)17(9-13)25(23,24)21(3)12-18(22)20-16-6-4-5-15(10-16)11-19/h4-10H,12H2,1-3H3,(H,20,22). The maximum atomic E-state index is 12.7. The first-order chi connectivity index (χ1) is 11.7. The number of sulfonamides is 1. The van der Waals surface area contributed by atoms with Crippen LogP contribution in [0.15, 0.2) is 47.4 Å². The lowest BCUT2D eigenvalue weighted by atomic mass is 10.2. The van der Waals surface area contributed by atoms with Gasteiger partial charge >= 0.3 is 0 Å². The predicted molar refractivity (Wildman–Crippen MR) is 95.5 cm³/mol. The molecular formula is C18H19N3O3S. The lowest BCUT2D eigenvalue weighted by Gasteiger charge is -2.18. The summed E-state index contributed by atoms with van der Waals surface area (Å²) in [6.45, 7) is 3.20. The maximum absolute atomic E-state index is 12.7. The van der Waals surface area contributed by atoms with Crippen molar-refractivity contribution in [3.8, 4) is 6.07 Å². The van der Waals surface area contributed by atoms with E-state index in [4.69, 9.17) is 5.26 Å². The SMILES string of the molecule is Cc1ccc(C)c(S(=O)(=O)N(C)CC(=O)Nc2cccc(C#N)c2)c1. The highest BCUT2D eigenvalue weighted by Gasteiger charge is 2.24. The first kappa shape index (κ1) is 18.6. The van der Waals surface area contributed by atoms with E-state index in [9.17, 15) is 13.2 Å². The summed E-state index contributed by atoms with van der Waals surface area (Å²) in [7, 11) is -2.41. The van der Waals surface area contributed by atoms with Crippen LogP contribution < -0.4 is 5.32 Å². The van der Waals surface area contributed by atoms with Crippen LogP contribution in [-0.2, 0) is 14.8 Å². The predicted octanol–water partition coefficient (Wildman–Crippen LogP) is 2.43. The fourth-order valence-electron chi connectivity index (χ4n) is 2.31. The Morgan fingerprint density at radius 2 is 1.92 bits per heavy atom. The molecule has 7 heteroatoms. The van der Waals surface area contributed by atoms with Gasteiger partial charge in [0.05, 0.1) is 23.1 Å². The molecule has 25 heavy (non-hydrogen) atoms. The van der Waals surface area contributed by atoms with Crippen molar-refractivity contribution in [1.82, 2.24) is 4.31 Å². The zero-order valence-corrected chi connectivity index (χ0v) is 15.1. The number of benzene rings is 2. The van der Waals surface area contributed by atoms with Crippen LogP contribution in [0.1, 0.15) is 16.7 Å². The van der Waals surface area contributed by atoms with E-state index in [1.807, 2.05) is 19.1 Å². The number of nitrogens with one attached hydrogen (secondary N) is 1. The molecule has 2 aromatic carbocycles. The number of rotatable bonds is 5. The Balaban J connectivity index is 2.15. The highest BCUT2D eigenvalue weighted by molar-refractivity contribution is 7.89. The number of anilines is 1. The molecule has 1 amide bonds. The van der Waals surface area contributed by atoms with Crippen molar-refractivity contribution in [2.45, 2.75) is 18.7 Å². The van der Waals surface area contributed by atoms with Gasteiger partial charge in [-0.2, -0.15) is 9.57 Å². The average molecular weight is 357 g/mol. The molecule has 0 aromatic heterocycles. The summed E-state index contributed by atoms with van der Waals surface area (Å²) in [5.41, 5.74) is 2.31. The minimum atomic E-state index is -3.77. The monoisotopic (exact) mass is 357 g/mol. The second-order valence-electron chi connectivity index (χ2n) is 5.77. The first-order valence-electron chi connectivity index (χ1n) is 7.57. The molecule has 0 bridgehead atoms. The Labute approximate surface area is 147 Å². The molecule has 0 saturated carbocycles. The molecule has 0 aliphatic carbocycles. The normalized spacial score (nSPS) is 11.2. The molecule has 0 saturated heterocycles. The topological polar surface area (TPSA) is 90.3 Å². The van der Waals surface area contributed by atoms with Crippen LogP contribution in [0.5, 0.6) is 0 Å². The number of aryl methyl sites for hydroxylation is 2. The van der Waals surface area contributed by atoms with Gasteiger partial charge in [-0.25, -0.2) is 8.42 Å². The number of hydrogen-bond acceptors (Lipinski definition) is 4. The van der Waals surface area contributed by atoms with Crippen molar-refractivity contribution in [3.63, 3.8) is 0 Å². The van der Waals surface area contributed by atoms with Crippen LogP contribution in [0.2, 0.25) is 0 Å². The minimum absolute atomic E-state index is 0.189. The average Bonchev–Trinajstić information content (AvgIpc) is 2.56. The molecule has 0 spiro atoms. The summed E-state index contributed by atoms with van der Waals surface area (Å²) < 4.78 is 26.4. The molecule has 0 radical (unpaired) electrons. The van der Waals surface area contributed by atoms with Crippen molar-refractivity contribution in [3.05, 3.63) is 59.2 Å². The Bertz CT molecular complexity index is 946. The van der Waals surface area contributed by atoms with Crippen LogP contribution in [0, 0.1) is 25.2 Å². The van der Waals surface area contributed by atoms with Gasteiger partial charge in [0.2, 0.25) is 15.9 Å². The van der Waals surface area contributed by atoms with E-state index in [1.165, 1.54) is 13.1 Å². The van der Waals surface area contributed by atoms with E-state index in [-0.39, 0.29) is 11.4 Å². The van der Waals surface area contributed by atoms with E-state index in [0.717, 1.165) is 9.87 Å². The van der Waals surface area contributed by atoms with Gasteiger partial charge in [-0.05, 0) is 49.2 Å². The van der Waals surface area contributed by atoms with E-state index in [2.05, 4.69) is 5.32 Å². The van der Waals surface area contributed by atoms with Gasteiger partial charge in [0, 0.05) is 12.7 Å². The second kappa shape index (κ2) is 7.47. The third kappa shape index (κ3) is 4.44. The third-order valence-electron chi connectivity index (χ3n) is 3.67. The lowest BCUT2D eigenvalue weighted by Crippen LogP contribution is -2.35. The molecule has 6 nitrogen and oxygen atoms in total. The van der Waals surface area contributed by atoms with E-state index >= 15 is 0 Å². The molecule has 130 valence electrons. The molecule has 0 atom stereocenters. The van der Waals surface area contributed by atoms with E-state index in [1.54, 1.807) is 37.3 Å². The van der Waals surface area contributed by atoms with Crippen LogP contribution in [0.4, 0.5) is 5.69 Å². The summed E-state index contributed by atoms with van der Waals surface area (Å²) in [5.74, 6) is -0.480. The molecule has 0 aliphatic heterocycles. The Kier molecular flexibility index (Phi) is 5.57. The maximum Gasteiger partial charge on any atom is 0.243 e. The number of carbonyl (C=O) groups excluding carboxylic acids is 1. The third-order valence-corrected chi connectivity index (χ3v) is 5.62. The van der Waals surface area contributed by atoms with Crippen LogP contribution in [-0.4, -0.2) is 32.2 Å². The number of nitrogens with zero attached hydrogens (tertiary/aromatic N) is 2. The molecule has 1 N–H and O–H groups in total. The molecular weight excluding hydrogens is 338 g/mol. The Morgan fingerprint density at radius 1 is 1.20 bits per heavy atom. The molecule has 0 unspecified atom stereocenters. The highest BCUT2D eigenvalue weighted by Crippen LogP contribution is 2.20. The molecule has 2 rings (SSSR count). The highest BCUT2D eigenvalue weighted by atomic mass is 32.2. The lowest BCUT2D eigenvalue weighted by molar-refractivity contribution is -0.116. The van der Waals surface area contributed by atoms with Gasteiger partial charge in [0.15, 0.2) is 0 Å². The number of hydrogen-bond donors (Lipinski definition) is 1. The van der Waals surface area contributed by atoms with Crippen molar-refractivity contribution in [2.75, 3.05) is 18.9 Å². The molecule has 0 fully saturated rings. The zero-order valence-electron chi connectivity index (χ0n) is 14.3. The second-order valence-corrected chi connectivity index (χ2v) is 7.78. The van der Waals surface area contributed by atoms with Crippen LogP contribution in [0.25, 0.3) is 0 Å². The summed E-state index contributed by atoms with van der Waals surface area (Å²) in [6, 6.07) is 13.6. The largest absolute Gasteiger partial charge is 0.325 e. The van der Waals surface area contributed by atoms with Crippen molar-refractivity contribution in [2.24, 2.45) is 0 Å². The number of nitriles is 1. The van der Waals surface area contributed by atoms with Gasteiger partial charge in [-0.1, -0.05) is 18.2 Å². The minimum Gasteiger partial charge on any atom is -0.325 e. The van der Waals surface area contributed by atoms with E-state index in [0.29, 0.717) is 16.8 Å². The van der Waals surface area contributed by atoms with Gasteiger partial charge in [-0.15, -0.1) is 0 Å². The fraction of sp³-hybridized carbons (Fsp3) is 0.222. The Morgan fingerprint density at radius 3 is 2.60 bits per heavy atom. The fourth-order valence-corrected chi connectivity index (χ4v) is 3.74. The number of amides is 1. The van der Waals surface area contributed by atoms with Gasteiger partial charge < -0.3 is 5.32 Å². The first-order valence-corrected chi connectivity index (χ1v) is 9.01. The van der Waals surface area contributed by atoms with Crippen molar-refractivity contribution >= 4 is 21.6 Å². The summed E-state index contributed by atoms with van der Waals surface area (Å²) in [4.78, 5) is 12.3. The van der Waals surface area contributed by atoms with Crippen molar-refractivity contribution < 1.29 is 13.2 Å². The quantitative estimate of drug-likeness (QED) is 0.890.